The van der Waals surface area contributed by atoms with Gasteiger partial charge in [0.05, 0.1) is 13.2 Å². The van der Waals surface area contributed by atoms with Crippen LogP contribution in [0.15, 0.2) is 54.6 Å². The molecule has 1 saturated carbocycles. The van der Waals surface area contributed by atoms with Gasteiger partial charge in [-0.3, -0.25) is 4.79 Å². The van der Waals surface area contributed by atoms with Gasteiger partial charge in [0, 0.05) is 44.5 Å². The highest BCUT2D eigenvalue weighted by atomic mass is 16.5. The fourth-order valence-electron chi connectivity index (χ4n) is 6.61. The SMILES string of the molecule is COc1cccc([C@@]23CCN(C)C[C@H]2C(OC)C[C@H](N(C)C(=O)CCCCCc2ccccc2)C3)c1. The average molecular weight is 493 g/mol. The smallest absolute Gasteiger partial charge is 0.222 e. The number of ether oxygens (including phenoxy) is 2. The Balaban J connectivity index is 1.43. The highest BCUT2D eigenvalue weighted by Crippen LogP contribution is 2.51. The van der Waals surface area contributed by atoms with Gasteiger partial charge in [-0.1, -0.05) is 48.9 Å². The maximum atomic E-state index is 13.3. The molecule has 196 valence electrons. The number of likely N-dealkylation sites (tertiary alicyclic amines) is 1. The van der Waals surface area contributed by atoms with Crippen molar-refractivity contribution in [2.75, 3.05) is 41.4 Å². The van der Waals surface area contributed by atoms with Gasteiger partial charge in [0.2, 0.25) is 5.91 Å². The second-order valence-corrected chi connectivity index (χ2v) is 10.9. The number of benzene rings is 2. The van der Waals surface area contributed by atoms with E-state index in [0.717, 1.165) is 63.8 Å². The summed E-state index contributed by atoms with van der Waals surface area (Å²) in [4.78, 5) is 17.8. The van der Waals surface area contributed by atoms with Gasteiger partial charge in [0.25, 0.3) is 0 Å². The first-order valence-corrected chi connectivity index (χ1v) is 13.6. The third-order valence-corrected chi connectivity index (χ3v) is 8.80. The molecule has 5 heteroatoms. The van der Waals surface area contributed by atoms with Crippen LogP contribution < -0.4 is 4.74 Å². The van der Waals surface area contributed by atoms with E-state index in [1.54, 1.807) is 7.11 Å². The number of hydrogen-bond acceptors (Lipinski definition) is 4. The van der Waals surface area contributed by atoms with E-state index >= 15 is 0 Å². The summed E-state index contributed by atoms with van der Waals surface area (Å²) in [6, 6.07) is 19.4. The Kier molecular flexibility index (Phi) is 9.08. The minimum atomic E-state index is -0.0190. The van der Waals surface area contributed by atoms with Crippen molar-refractivity contribution in [3.63, 3.8) is 0 Å². The first-order valence-electron chi connectivity index (χ1n) is 13.6. The van der Waals surface area contributed by atoms with Crippen LogP contribution in [-0.2, 0) is 21.4 Å². The number of nitrogens with zero attached hydrogens (tertiary/aromatic N) is 2. The van der Waals surface area contributed by atoms with Crippen molar-refractivity contribution in [2.24, 2.45) is 5.92 Å². The molecule has 5 nitrogen and oxygen atoms in total. The molecule has 0 N–H and O–H groups in total. The Labute approximate surface area is 217 Å². The number of unbranched alkanes of at least 4 members (excludes halogenated alkanes) is 2. The van der Waals surface area contributed by atoms with Crippen LogP contribution in [0.5, 0.6) is 5.75 Å². The molecule has 36 heavy (non-hydrogen) atoms. The largest absolute Gasteiger partial charge is 0.497 e. The molecule has 4 atom stereocenters. The van der Waals surface area contributed by atoms with Gasteiger partial charge in [-0.2, -0.15) is 0 Å². The van der Waals surface area contributed by atoms with E-state index in [1.165, 1.54) is 11.1 Å². The van der Waals surface area contributed by atoms with Gasteiger partial charge in [-0.25, -0.2) is 0 Å². The zero-order valence-electron chi connectivity index (χ0n) is 22.6. The predicted octanol–water partition coefficient (Wildman–Crippen LogP) is 5.32. The Hall–Kier alpha value is -2.37. The van der Waals surface area contributed by atoms with Crippen LogP contribution >= 0.6 is 0 Å². The maximum absolute atomic E-state index is 13.3. The van der Waals surface area contributed by atoms with Gasteiger partial charge in [-0.05, 0) is 75.4 Å². The number of methoxy groups -OCH3 is 2. The highest BCUT2D eigenvalue weighted by Gasteiger charge is 2.53. The lowest BCUT2D eigenvalue weighted by Gasteiger charge is -2.56. The van der Waals surface area contributed by atoms with Crippen LogP contribution in [0, 0.1) is 5.92 Å². The van der Waals surface area contributed by atoms with Crippen molar-refractivity contribution in [1.82, 2.24) is 9.80 Å². The molecule has 2 aromatic carbocycles. The number of aryl methyl sites for hydroxylation is 1. The second-order valence-electron chi connectivity index (χ2n) is 10.9. The summed E-state index contributed by atoms with van der Waals surface area (Å²) in [5.41, 5.74) is 2.69. The van der Waals surface area contributed by atoms with Gasteiger partial charge in [0.15, 0.2) is 0 Å². The minimum absolute atomic E-state index is 0.0190. The number of fused-ring (bicyclic) bond motifs is 1. The van der Waals surface area contributed by atoms with E-state index in [1.807, 2.05) is 25.1 Å². The molecule has 0 bridgehead atoms. The van der Waals surface area contributed by atoms with Crippen molar-refractivity contribution >= 4 is 5.91 Å². The average Bonchev–Trinajstić information content (AvgIpc) is 2.92. The van der Waals surface area contributed by atoms with E-state index in [0.29, 0.717) is 12.3 Å². The molecule has 1 unspecified atom stereocenters. The molecule has 0 spiro atoms. The summed E-state index contributed by atoms with van der Waals surface area (Å²) in [6.45, 7) is 2.07. The molecule has 2 aliphatic rings. The van der Waals surface area contributed by atoms with Gasteiger partial charge >= 0.3 is 0 Å². The Bertz CT molecular complexity index is 981. The van der Waals surface area contributed by atoms with E-state index < -0.39 is 0 Å². The van der Waals surface area contributed by atoms with E-state index in [4.69, 9.17) is 9.47 Å². The molecular formula is C31H44N2O3. The van der Waals surface area contributed by atoms with E-state index in [9.17, 15) is 4.79 Å². The summed E-state index contributed by atoms with van der Waals surface area (Å²) in [7, 11) is 7.80. The molecule has 0 aromatic heterocycles. The van der Waals surface area contributed by atoms with Gasteiger partial charge in [-0.15, -0.1) is 0 Å². The Morgan fingerprint density at radius 1 is 1.08 bits per heavy atom. The number of carbonyl (C=O) groups is 1. The van der Waals surface area contributed by atoms with Gasteiger partial charge in [0.1, 0.15) is 5.75 Å². The van der Waals surface area contributed by atoms with Crippen LogP contribution in [-0.4, -0.2) is 69.3 Å². The normalized spacial score (nSPS) is 26.3. The van der Waals surface area contributed by atoms with Crippen molar-refractivity contribution in [2.45, 2.75) is 68.9 Å². The van der Waals surface area contributed by atoms with Crippen LogP contribution in [0.3, 0.4) is 0 Å². The lowest BCUT2D eigenvalue weighted by Crippen LogP contribution is -2.61. The summed E-state index contributed by atoms with van der Waals surface area (Å²) in [6.07, 6.45) is 7.95. The van der Waals surface area contributed by atoms with Crippen molar-refractivity contribution in [1.29, 1.82) is 0 Å². The summed E-state index contributed by atoms with van der Waals surface area (Å²) in [5, 5.41) is 0. The van der Waals surface area contributed by atoms with Crippen LogP contribution in [0.2, 0.25) is 0 Å². The number of piperidine rings is 1. The zero-order valence-corrected chi connectivity index (χ0v) is 22.6. The summed E-state index contributed by atoms with van der Waals surface area (Å²) < 4.78 is 11.7. The molecule has 0 radical (unpaired) electrons. The molecule has 1 amide bonds. The third kappa shape index (κ3) is 5.95. The predicted molar refractivity (Wildman–Crippen MR) is 145 cm³/mol. The van der Waals surface area contributed by atoms with Crippen LogP contribution in [0.4, 0.5) is 0 Å². The second kappa shape index (κ2) is 12.2. The molecule has 2 fully saturated rings. The highest BCUT2D eigenvalue weighted by molar-refractivity contribution is 5.76. The minimum Gasteiger partial charge on any atom is -0.497 e. The topological polar surface area (TPSA) is 42.0 Å². The molecule has 1 saturated heterocycles. The summed E-state index contributed by atoms with van der Waals surface area (Å²) in [5.74, 6) is 1.56. The Morgan fingerprint density at radius 2 is 1.89 bits per heavy atom. The number of amides is 1. The number of carbonyl (C=O) groups excluding carboxylic acids is 1. The number of hydrogen-bond donors (Lipinski definition) is 0. The molecule has 1 aliphatic heterocycles. The molecule has 1 aliphatic carbocycles. The maximum Gasteiger partial charge on any atom is 0.222 e. The van der Waals surface area contributed by atoms with Crippen molar-refractivity contribution < 1.29 is 14.3 Å². The quantitative estimate of drug-likeness (QED) is 0.421. The lowest BCUT2D eigenvalue weighted by molar-refractivity contribution is -0.137. The lowest BCUT2D eigenvalue weighted by atomic mass is 9.56. The molecule has 2 aromatic rings. The first kappa shape index (κ1) is 26.7. The van der Waals surface area contributed by atoms with Crippen molar-refractivity contribution in [3.05, 3.63) is 65.7 Å². The van der Waals surface area contributed by atoms with E-state index in [-0.39, 0.29) is 23.5 Å². The van der Waals surface area contributed by atoms with Gasteiger partial charge < -0.3 is 19.3 Å². The molecule has 1 heterocycles. The Morgan fingerprint density at radius 3 is 2.64 bits per heavy atom. The molecule has 4 rings (SSSR count). The van der Waals surface area contributed by atoms with Crippen LogP contribution in [0.25, 0.3) is 0 Å². The van der Waals surface area contributed by atoms with E-state index in [2.05, 4.69) is 60.5 Å². The summed E-state index contributed by atoms with van der Waals surface area (Å²) >= 11 is 0. The molecular weight excluding hydrogens is 448 g/mol. The monoisotopic (exact) mass is 492 g/mol. The van der Waals surface area contributed by atoms with Crippen LogP contribution in [0.1, 0.15) is 56.1 Å². The van der Waals surface area contributed by atoms with Crippen molar-refractivity contribution in [3.8, 4) is 5.75 Å². The first-order chi connectivity index (χ1) is 17.5. The zero-order chi connectivity index (χ0) is 25.5. The third-order valence-electron chi connectivity index (χ3n) is 8.80. The fraction of sp³-hybridized carbons (Fsp3) is 0.581. The number of rotatable bonds is 10. The standard InChI is InChI=1S/C31H44N2O3/c1-32-19-18-31(25-15-11-16-27(20-25)35-3)22-26(21-29(36-4)28(31)23-32)33(2)30(34)17-10-6-9-14-24-12-7-5-8-13-24/h5,7-8,11-13,15-16,20,26,28-29H,6,9-10,14,17-19,21-23H2,1-4H3/t26-,28-,29?,31-/m0/s1. The fourth-order valence-corrected chi connectivity index (χ4v) is 6.61.